The van der Waals surface area contributed by atoms with E-state index in [-0.39, 0.29) is 18.3 Å². The van der Waals surface area contributed by atoms with E-state index in [1.807, 2.05) is 26.8 Å². The molecule has 1 aromatic rings. The van der Waals surface area contributed by atoms with Gasteiger partial charge < -0.3 is 9.64 Å². The zero-order valence-electron chi connectivity index (χ0n) is 12.2. The summed E-state index contributed by atoms with van der Waals surface area (Å²) in [5, 5.41) is 0. The van der Waals surface area contributed by atoms with E-state index in [9.17, 15) is 9.59 Å². The molecule has 19 heavy (non-hydrogen) atoms. The minimum absolute atomic E-state index is 0.0777. The van der Waals surface area contributed by atoms with E-state index in [1.165, 1.54) is 4.90 Å². The third-order valence-corrected chi connectivity index (χ3v) is 2.35. The van der Waals surface area contributed by atoms with Gasteiger partial charge in [0, 0.05) is 19.7 Å². The molecule has 0 saturated carbocycles. The van der Waals surface area contributed by atoms with Gasteiger partial charge in [-0.1, -0.05) is 12.1 Å². The molecule has 1 amide bonds. The molecule has 1 rings (SSSR count). The zero-order chi connectivity index (χ0) is 14.6. The van der Waals surface area contributed by atoms with Crippen molar-refractivity contribution in [3.63, 3.8) is 0 Å². The van der Waals surface area contributed by atoms with Gasteiger partial charge in [0.1, 0.15) is 5.60 Å². The van der Waals surface area contributed by atoms with Crippen LogP contribution in [0.2, 0.25) is 0 Å². The van der Waals surface area contributed by atoms with Crippen LogP contribution in [0.1, 0.15) is 36.7 Å². The summed E-state index contributed by atoms with van der Waals surface area (Å²) in [5.41, 5.74) is 0.863. The first-order valence-corrected chi connectivity index (χ1v) is 6.21. The molecule has 4 heteroatoms. The second-order valence-electron chi connectivity index (χ2n) is 5.66. The standard InChI is InChI=1S/C15H21NO3/c1-15(2,3)19-13(17)10-11-7-6-8-12(9-11)14(18)16(4)5/h6-9H,10H2,1-5H3. The molecule has 0 spiro atoms. The van der Waals surface area contributed by atoms with Crippen LogP contribution >= 0.6 is 0 Å². The molecule has 0 saturated heterocycles. The molecule has 0 aliphatic heterocycles. The Morgan fingerprint density at radius 3 is 2.37 bits per heavy atom. The maximum Gasteiger partial charge on any atom is 0.310 e. The van der Waals surface area contributed by atoms with Crippen molar-refractivity contribution < 1.29 is 14.3 Å². The Labute approximate surface area is 114 Å². The summed E-state index contributed by atoms with van der Waals surface area (Å²) in [5.74, 6) is -0.368. The average Bonchev–Trinajstić information content (AvgIpc) is 2.25. The molecule has 0 aliphatic carbocycles. The third-order valence-electron chi connectivity index (χ3n) is 2.35. The van der Waals surface area contributed by atoms with Gasteiger partial charge in [0.15, 0.2) is 0 Å². The Bertz CT molecular complexity index is 473. The lowest BCUT2D eigenvalue weighted by molar-refractivity contribution is -0.153. The van der Waals surface area contributed by atoms with Crippen molar-refractivity contribution in [2.45, 2.75) is 32.8 Å². The van der Waals surface area contributed by atoms with Crippen LogP contribution in [0.25, 0.3) is 0 Å². The molecule has 0 N–H and O–H groups in total. The number of ether oxygens (including phenoxy) is 1. The van der Waals surface area contributed by atoms with Gasteiger partial charge in [0.2, 0.25) is 0 Å². The Kier molecular flexibility index (Phi) is 4.70. The summed E-state index contributed by atoms with van der Waals surface area (Å²) in [7, 11) is 3.39. The Balaban J connectivity index is 2.78. The maximum atomic E-state index is 11.8. The van der Waals surface area contributed by atoms with Crippen LogP contribution in [0.4, 0.5) is 0 Å². The lowest BCUT2D eigenvalue weighted by Crippen LogP contribution is -2.25. The molecule has 0 heterocycles. The molecule has 0 bridgehead atoms. The van der Waals surface area contributed by atoms with Crippen LogP contribution in [-0.2, 0) is 16.0 Å². The first-order valence-electron chi connectivity index (χ1n) is 6.21. The molecule has 0 atom stereocenters. The topological polar surface area (TPSA) is 46.6 Å². The van der Waals surface area contributed by atoms with Gasteiger partial charge in [0.25, 0.3) is 5.91 Å². The normalized spacial score (nSPS) is 11.0. The van der Waals surface area contributed by atoms with Crippen LogP contribution in [0.15, 0.2) is 24.3 Å². The lowest BCUT2D eigenvalue weighted by Gasteiger charge is -2.19. The van der Waals surface area contributed by atoms with Gasteiger partial charge in [-0.15, -0.1) is 0 Å². The molecule has 1 aromatic carbocycles. The Hall–Kier alpha value is -1.84. The number of benzene rings is 1. The fourth-order valence-corrected chi connectivity index (χ4v) is 1.62. The van der Waals surface area contributed by atoms with E-state index in [2.05, 4.69) is 0 Å². The molecule has 0 radical (unpaired) electrons. The minimum Gasteiger partial charge on any atom is -0.460 e. The summed E-state index contributed by atoms with van der Waals surface area (Å²) in [6, 6.07) is 7.06. The highest BCUT2D eigenvalue weighted by molar-refractivity contribution is 5.94. The van der Waals surface area contributed by atoms with Crippen LogP contribution in [0, 0.1) is 0 Å². The quantitative estimate of drug-likeness (QED) is 0.786. The molecule has 0 unspecified atom stereocenters. The highest BCUT2D eigenvalue weighted by Gasteiger charge is 2.17. The number of carbonyl (C=O) groups is 2. The fraction of sp³-hybridized carbons (Fsp3) is 0.467. The smallest absolute Gasteiger partial charge is 0.310 e. The Morgan fingerprint density at radius 1 is 1.21 bits per heavy atom. The predicted octanol–water partition coefficient (Wildman–Crippen LogP) is 2.27. The predicted molar refractivity (Wildman–Crippen MR) is 74.0 cm³/mol. The summed E-state index contributed by atoms with van der Waals surface area (Å²) < 4.78 is 5.26. The van der Waals surface area contributed by atoms with Crippen molar-refractivity contribution >= 4 is 11.9 Å². The maximum absolute atomic E-state index is 11.8. The minimum atomic E-state index is -0.492. The first-order chi connectivity index (χ1) is 8.69. The van der Waals surface area contributed by atoms with Crippen molar-refractivity contribution in [3.8, 4) is 0 Å². The van der Waals surface area contributed by atoms with E-state index in [0.717, 1.165) is 5.56 Å². The van der Waals surface area contributed by atoms with Crippen molar-refractivity contribution in [1.29, 1.82) is 0 Å². The number of rotatable bonds is 3. The average molecular weight is 263 g/mol. The molecular weight excluding hydrogens is 242 g/mol. The largest absolute Gasteiger partial charge is 0.460 e. The summed E-state index contributed by atoms with van der Waals surface area (Å²) in [6.45, 7) is 5.49. The Morgan fingerprint density at radius 2 is 1.84 bits per heavy atom. The van der Waals surface area contributed by atoms with E-state index >= 15 is 0 Å². The third kappa shape index (κ3) is 5.12. The van der Waals surface area contributed by atoms with Crippen molar-refractivity contribution in [2.24, 2.45) is 0 Å². The van der Waals surface area contributed by atoms with Crippen LogP contribution in [0.5, 0.6) is 0 Å². The fourth-order valence-electron chi connectivity index (χ4n) is 1.62. The molecule has 0 aliphatic rings. The molecule has 104 valence electrons. The van der Waals surface area contributed by atoms with E-state index in [1.54, 1.807) is 32.3 Å². The van der Waals surface area contributed by atoms with Crippen molar-refractivity contribution in [1.82, 2.24) is 4.90 Å². The van der Waals surface area contributed by atoms with E-state index in [4.69, 9.17) is 4.74 Å². The highest BCUT2D eigenvalue weighted by Crippen LogP contribution is 2.12. The van der Waals surface area contributed by atoms with Gasteiger partial charge in [-0.2, -0.15) is 0 Å². The second kappa shape index (κ2) is 5.87. The monoisotopic (exact) mass is 263 g/mol. The number of amides is 1. The van der Waals surface area contributed by atoms with Gasteiger partial charge in [0.05, 0.1) is 6.42 Å². The van der Waals surface area contributed by atoms with Gasteiger partial charge >= 0.3 is 5.97 Å². The molecular formula is C15H21NO3. The second-order valence-corrected chi connectivity index (χ2v) is 5.66. The first kappa shape index (κ1) is 15.2. The van der Waals surface area contributed by atoms with Gasteiger partial charge in [-0.05, 0) is 38.5 Å². The van der Waals surface area contributed by atoms with E-state index in [0.29, 0.717) is 5.56 Å². The van der Waals surface area contributed by atoms with Crippen LogP contribution < -0.4 is 0 Å². The summed E-state index contributed by atoms with van der Waals surface area (Å²) in [6.07, 6.45) is 0.172. The number of esters is 1. The SMILES string of the molecule is CN(C)C(=O)c1cccc(CC(=O)OC(C)(C)C)c1. The lowest BCUT2D eigenvalue weighted by atomic mass is 10.1. The zero-order valence-corrected chi connectivity index (χ0v) is 12.2. The van der Waals surface area contributed by atoms with Gasteiger partial charge in [-0.3, -0.25) is 9.59 Å². The summed E-state index contributed by atoms with van der Waals surface area (Å²) in [4.78, 5) is 25.1. The van der Waals surface area contributed by atoms with Crippen molar-refractivity contribution in [3.05, 3.63) is 35.4 Å². The van der Waals surface area contributed by atoms with Crippen LogP contribution in [0.3, 0.4) is 0 Å². The van der Waals surface area contributed by atoms with Crippen molar-refractivity contribution in [2.75, 3.05) is 14.1 Å². The number of nitrogens with zero attached hydrogens (tertiary/aromatic N) is 1. The molecule has 4 nitrogen and oxygen atoms in total. The number of carbonyl (C=O) groups excluding carboxylic acids is 2. The number of hydrogen-bond donors (Lipinski definition) is 0. The molecule has 0 fully saturated rings. The molecule has 0 aromatic heterocycles. The van der Waals surface area contributed by atoms with E-state index < -0.39 is 5.60 Å². The summed E-state index contributed by atoms with van der Waals surface area (Å²) >= 11 is 0. The highest BCUT2D eigenvalue weighted by atomic mass is 16.6. The van der Waals surface area contributed by atoms with Gasteiger partial charge in [-0.25, -0.2) is 0 Å². The number of hydrogen-bond acceptors (Lipinski definition) is 3. The van der Waals surface area contributed by atoms with Crippen LogP contribution in [-0.4, -0.2) is 36.5 Å².